The summed E-state index contributed by atoms with van der Waals surface area (Å²) in [6, 6.07) is 10.0. The second-order valence-corrected chi connectivity index (χ2v) is 3.79. The number of nitrogens with zero attached hydrogens (tertiary/aromatic N) is 1. The van der Waals surface area contributed by atoms with Crippen molar-refractivity contribution in [3.8, 4) is 0 Å². The Balaban J connectivity index is 2.11. The number of rotatable bonds is 3. The lowest BCUT2D eigenvalue weighted by molar-refractivity contribution is -0.118. The fraction of sp³-hybridized carbons (Fsp3) is 0.143. The Morgan fingerprint density at radius 2 is 2.29 bits per heavy atom. The van der Waals surface area contributed by atoms with Crippen molar-refractivity contribution in [2.75, 3.05) is 6.54 Å². The van der Waals surface area contributed by atoms with E-state index < -0.39 is 0 Å². The molecule has 2 aromatic rings. The number of amides is 1. The van der Waals surface area contributed by atoms with Crippen molar-refractivity contribution in [3.63, 3.8) is 0 Å². The molecule has 1 N–H and O–H groups in total. The zero-order valence-electron chi connectivity index (χ0n) is 9.68. The molecule has 0 spiro atoms. The van der Waals surface area contributed by atoms with Crippen LogP contribution in [0, 0.1) is 0 Å². The van der Waals surface area contributed by atoms with Crippen molar-refractivity contribution in [2.45, 2.75) is 6.92 Å². The molecule has 86 valence electrons. The van der Waals surface area contributed by atoms with Crippen molar-refractivity contribution >= 4 is 22.9 Å². The van der Waals surface area contributed by atoms with Crippen LogP contribution in [-0.2, 0) is 4.79 Å². The SMILES string of the molecule is CC(=O)NCC=Cc1ccc2ncccc2c1. The number of hydrogen-bond acceptors (Lipinski definition) is 2. The van der Waals surface area contributed by atoms with E-state index in [2.05, 4.69) is 16.4 Å². The quantitative estimate of drug-likeness (QED) is 0.873. The third-order valence-corrected chi connectivity index (χ3v) is 2.41. The molecule has 0 atom stereocenters. The van der Waals surface area contributed by atoms with Gasteiger partial charge in [-0.3, -0.25) is 9.78 Å². The summed E-state index contributed by atoms with van der Waals surface area (Å²) >= 11 is 0. The fourth-order valence-corrected chi connectivity index (χ4v) is 1.60. The van der Waals surface area contributed by atoms with Crippen molar-refractivity contribution in [1.82, 2.24) is 10.3 Å². The lowest BCUT2D eigenvalue weighted by Crippen LogP contribution is -2.19. The second kappa shape index (κ2) is 5.25. The molecule has 0 saturated carbocycles. The predicted octanol–water partition coefficient (Wildman–Crippen LogP) is 2.38. The maximum absolute atomic E-state index is 10.7. The summed E-state index contributed by atoms with van der Waals surface area (Å²) < 4.78 is 0. The van der Waals surface area contributed by atoms with Gasteiger partial charge in [-0.15, -0.1) is 0 Å². The van der Waals surface area contributed by atoms with Gasteiger partial charge in [0.2, 0.25) is 5.91 Å². The molecule has 17 heavy (non-hydrogen) atoms. The van der Waals surface area contributed by atoms with Crippen LogP contribution < -0.4 is 5.32 Å². The molecular weight excluding hydrogens is 212 g/mol. The molecule has 0 aliphatic carbocycles. The van der Waals surface area contributed by atoms with Crippen molar-refractivity contribution in [2.24, 2.45) is 0 Å². The van der Waals surface area contributed by atoms with Crippen LogP contribution in [-0.4, -0.2) is 17.4 Å². The van der Waals surface area contributed by atoms with E-state index in [-0.39, 0.29) is 5.91 Å². The van der Waals surface area contributed by atoms with E-state index >= 15 is 0 Å². The van der Waals surface area contributed by atoms with Crippen LogP contribution in [0.5, 0.6) is 0 Å². The zero-order valence-corrected chi connectivity index (χ0v) is 9.68. The third-order valence-electron chi connectivity index (χ3n) is 2.41. The van der Waals surface area contributed by atoms with Crippen LogP contribution in [0.3, 0.4) is 0 Å². The maximum atomic E-state index is 10.7. The Morgan fingerprint density at radius 1 is 1.41 bits per heavy atom. The van der Waals surface area contributed by atoms with E-state index in [0.29, 0.717) is 6.54 Å². The molecule has 1 aromatic carbocycles. The summed E-state index contributed by atoms with van der Waals surface area (Å²) in [4.78, 5) is 14.9. The lowest BCUT2D eigenvalue weighted by atomic mass is 10.1. The zero-order chi connectivity index (χ0) is 12.1. The summed E-state index contributed by atoms with van der Waals surface area (Å²) in [6.45, 7) is 2.07. The molecule has 0 unspecified atom stereocenters. The third kappa shape index (κ3) is 3.14. The molecule has 1 heterocycles. The first-order valence-corrected chi connectivity index (χ1v) is 5.51. The van der Waals surface area contributed by atoms with Crippen molar-refractivity contribution in [3.05, 3.63) is 48.2 Å². The number of fused-ring (bicyclic) bond motifs is 1. The Hall–Kier alpha value is -2.16. The number of pyridine rings is 1. The summed E-state index contributed by atoms with van der Waals surface area (Å²) in [5, 5.41) is 3.83. The van der Waals surface area contributed by atoms with Gasteiger partial charge in [0.1, 0.15) is 0 Å². The van der Waals surface area contributed by atoms with Gasteiger partial charge in [0.15, 0.2) is 0 Å². The minimum Gasteiger partial charge on any atom is -0.353 e. The van der Waals surface area contributed by atoms with Gasteiger partial charge in [-0.05, 0) is 23.8 Å². The van der Waals surface area contributed by atoms with Crippen LogP contribution >= 0.6 is 0 Å². The minimum absolute atomic E-state index is 0.0163. The molecule has 3 nitrogen and oxygen atoms in total. The number of benzene rings is 1. The van der Waals surface area contributed by atoms with Gasteiger partial charge in [0, 0.05) is 25.1 Å². The Morgan fingerprint density at radius 3 is 3.12 bits per heavy atom. The molecule has 0 fully saturated rings. The first kappa shape index (κ1) is 11.3. The Kier molecular flexibility index (Phi) is 3.50. The second-order valence-electron chi connectivity index (χ2n) is 3.79. The van der Waals surface area contributed by atoms with Crippen LogP contribution in [0.25, 0.3) is 17.0 Å². The summed E-state index contributed by atoms with van der Waals surface area (Å²) in [5.74, 6) is -0.0163. The average Bonchev–Trinajstić information content (AvgIpc) is 2.34. The van der Waals surface area contributed by atoms with Crippen LogP contribution in [0.1, 0.15) is 12.5 Å². The summed E-state index contributed by atoms with van der Waals surface area (Å²) in [5.41, 5.74) is 2.10. The normalized spacial score (nSPS) is 10.9. The molecular formula is C14H14N2O. The van der Waals surface area contributed by atoms with E-state index in [1.807, 2.05) is 36.4 Å². The Labute approximate surface area is 100 Å². The largest absolute Gasteiger partial charge is 0.353 e. The number of hydrogen-bond donors (Lipinski definition) is 1. The first-order chi connectivity index (χ1) is 8.25. The molecule has 0 bridgehead atoms. The topological polar surface area (TPSA) is 42.0 Å². The molecule has 0 aliphatic rings. The minimum atomic E-state index is -0.0163. The van der Waals surface area contributed by atoms with Gasteiger partial charge in [0.05, 0.1) is 5.52 Å². The van der Waals surface area contributed by atoms with Gasteiger partial charge in [-0.25, -0.2) is 0 Å². The highest BCUT2D eigenvalue weighted by atomic mass is 16.1. The number of carbonyl (C=O) groups excluding carboxylic acids is 1. The van der Waals surface area contributed by atoms with E-state index in [1.165, 1.54) is 6.92 Å². The predicted molar refractivity (Wildman–Crippen MR) is 69.5 cm³/mol. The molecule has 3 heteroatoms. The first-order valence-electron chi connectivity index (χ1n) is 5.51. The summed E-state index contributed by atoms with van der Waals surface area (Å²) in [7, 11) is 0. The van der Waals surface area contributed by atoms with Crippen LogP contribution in [0.2, 0.25) is 0 Å². The number of nitrogens with one attached hydrogen (secondary N) is 1. The smallest absolute Gasteiger partial charge is 0.217 e. The monoisotopic (exact) mass is 226 g/mol. The van der Waals surface area contributed by atoms with Gasteiger partial charge in [0.25, 0.3) is 0 Å². The van der Waals surface area contributed by atoms with Crippen molar-refractivity contribution in [1.29, 1.82) is 0 Å². The van der Waals surface area contributed by atoms with E-state index in [0.717, 1.165) is 16.5 Å². The van der Waals surface area contributed by atoms with Crippen LogP contribution in [0.15, 0.2) is 42.6 Å². The molecule has 1 amide bonds. The van der Waals surface area contributed by atoms with Crippen LogP contribution in [0.4, 0.5) is 0 Å². The standard InChI is InChI=1S/C14H14N2O/c1-11(17)15-8-2-4-12-6-7-14-13(10-12)5-3-9-16-14/h2-7,9-10H,8H2,1H3,(H,15,17). The number of carbonyl (C=O) groups is 1. The van der Waals surface area contributed by atoms with Gasteiger partial charge >= 0.3 is 0 Å². The number of aromatic nitrogens is 1. The highest BCUT2D eigenvalue weighted by molar-refractivity contribution is 5.81. The molecule has 1 aromatic heterocycles. The maximum Gasteiger partial charge on any atom is 0.217 e. The highest BCUT2D eigenvalue weighted by Gasteiger charge is 1.93. The molecule has 0 radical (unpaired) electrons. The van der Waals surface area contributed by atoms with E-state index in [1.54, 1.807) is 6.20 Å². The van der Waals surface area contributed by atoms with Gasteiger partial charge in [-0.2, -0.15) is 0 Å². The fourth-order valence-electron chi connectivity index (χ4n) is 1.60. The van der Waals surface area contributed by atoms with Gasteiger partial charge in [-0.1, -0.05) is 24.3 Å². The van der Waals surface area contributed by atoms with E-state index in [9.17, 15) is 4.79 Å². The van der Waals surface area contributed by atoms with Crippen molar-refractivity contribution < 1.29 is 4.79 Å². The summed E-state index contributed by atoms with van der Waals surface area (Å²) in [6.07, 6.45) is 5.70. The average molecular weight is 226 g/mol. The molecule has 2 rings (SSSR count). The molecule has 0 saturated heterocycles. The Bertz CT molecular complexity index is 561. The van der Waals surface area contributed by atoms with E-state index in [4.69, 9.17) is 0 Å². The lowest BCUT2D eigenvalue weighted by Gasteiger charge is -1.99. The van der Waals surface area contributed by atoms with Gasteiger partial charge < -0.3 is 5.32 Å². The molecule has 0 aliphatic heterocycles. The highest BCUT2D eigenvalue weighted by Crippen LogP contribution is 2.14.